The highest BCUT2D eigenvalue weighted by Gasteiger charge is 2.05. The Morgan fingerprint density at radius 1 is 1.21 bits per heavy atom. The van der Waals surface area contributed by atoms with E-state index in [1.54, 1.807) is 24.3 Å². The van der Waals surface area contributed by atoms with E-state index < -0.39 is 5.91 Å². The minimum absolute atomic E-state index is 0. The first kappa shape index (κ1) is 19.0. The molecule has 0 unspecified atom stereocenters. The van der Waals surface area contributed by atoms with Crippen molar-refractivity contribution in [2.45, 2.75) is 0 Å². The molecule has 14 heavy (non-hydrogen) atoms. The lowest BCUT2D eigenvalue weighted by Crippen LogP contribution is -2.11. The minimum Gasteiger partial charge on any atom is -0.496 e. The summed E-state index contributed by atoms with van der Waals surface area (Å²) in [7, 11) is 1.50. The Bertz CT molecular complexity index is 281. The van der Waals surface area contributed by atoms with E-state index in [1.807, 2.05) is 0 Å². The predicted molar refractivity (Wildman–Crippen MR) is 63.3 cm³/mol. The van der Waals surface area contributed by atoms with Crippen LogP contribution in [0, 0.1) is 0 Å². The summed E-state index contributed by atoms with van der Waals surface area (Å²) in [6.07, 6.45) is 0. The zero-order valence-corrected chi connectivity index (χ0v) is 9.88. The molecule has 0 aromatic heterocycles. The number of hydrogen-bond donors (Lipinski definition) is 1. The second-order valence-electron chi connectivity index (χ2n) is 2.06. The molecule has 0 saturated heterocycles. The van der Waals surface area contributed by atoms with Gasteiger partial charge < -0.3 is 10.5 Å². The van der Waals surface area contributed by atoms with Gasteiger partial charge in [0.2, 0.25) is 0 Å². The molecule has 0 radical (unpaired) electrons. The Morgan fingerprint density at radius 2 is 1.71 bits per heavy atom. The van der Waals surface area contributed by atoms with Gasteiger partial charge in [0.05, 0.1) is 12.7 Å². The summed E-state index contributed by atoms with van der Waals surface area (Å²) in [6, 6.07) is 6.84. The van der Waals surface area contributed by atoms with Crippen LogP contribution in [-0.4, -0.2) is 13.0 Å². The van der Waals surface area contributed by atoms with Crippen molar-refractivity contribution >= 4 is 43.1 Å². The third-order valence-corrected chi connectivity index (χ3v) is 1.37. The number of methoxy groups -OCH3 is 1. The molecule has 82 valence electrons. The molecule has 0 bridgehead atoms. The molecule has 3 nitrogen and oxygen atoms in total. The molecule has 0 aliphatic carbocycles. The normalized spacial score (nSPS) is 7.21. The topological polar surface area (TPSA) is 52.3 Å². The number of nitrogens with two attached hydrogens (primary N) is 1. The van der Waals surface area contributed by atoms with Gasteiger partial charge in [-0.25, -0.2) is 0 Å². The van der Waals surface area contributed by atoms with E-state index in [4.69, 9.17) is 10.5 Å². The van der Waals surface area contributed by atoms with Crippen molar-refractivity contribution in [2.24, 2.45) is 5.73 Å². The molecular formula is C8H12Cl3NO2. The van der Waals surface area contributed by atoms with E-state index in [1.165, 1.54) is 7.11 Å². The molecule has 6 heteroatoms. The van der Waals surface area contributed by atoms with Crippen molar-refractivity contribution in [3.05, 3.63) is 29.8 Å². The highest BCUT2D eigenvalue weighted by atomic mass is 35.5. The third kappa shape index (κ3) is 4.56. The van der Waals surface area contributed by atoms with E-state index in [2.05, 4.69) is 0 Å². The number of halogens is 3. The van der Waals surface area contributed by atoms with Crippen molar-refractivity contribution in [2.75, 3.05) is 7.11 Å². The van der Waals surface area contributed by atoms with Crippen molar-refractivity contribution in [3.63, 3.8) is 0 Å². The van der Waals surface area contributed by atoms with Crippen LogP contribution in [0.5, 0.6) is 5.75 Å². The Hall–Kier alpha value is -0.640. The van der Waals surface area contributed by atoms with Crippen molar-refractivity contribution in [1.82, 2.24) is 0 Å². The summed E-state index contributed by atoms with van der Waals surface area (Å²) in [5.41, 5.74) is 5.48. The van der Waals surface area contributed by atoms with Gasteiger partial charge in [-0.1, -0.05) is 12.1 Å². The van der Waals surface area contributed by atoms with Gasteiger partial charge >= 0.3 is 0 Å². The zero-order chi connectivity index (χ0) is 8.27. The van der Waals surface area contributed by atoms with Crippen LogP contribution in [0.1, 0.15) is 10.4 Å². The average Bonchev–Trinajstić information content (AvgIpc) is 2.04. The lowest BCUT2D eigenvalue weighted by molar-refractivity contribution is 0.0997. The monoisotopic (exact) mass is 259 g/mol. The molecule has 0 aliphatic heterocycles. The van der Waals surface area contributed by atoms with E-state index >= 15 is 0 Å². The number of primary amides is 1. The highest BCUT2D eigenvalue weighted by molar-refractivity contribution is 5.95. The molecule has 2 N–H and O–H groups in total. The van der Waals surface area contributed by atoms with Crippen molar-refractivity contribution < 1.29 is 9.53 Å². The Kier molecular flexibility index (Phi) is 12.1. The second-order valence-corrected chi connectivity index (χ2v) is 2.06. The van der Waals surface area contributed by atoms with E-state index in [9.17, 15) is 4.79 Å². The van der Waals surface area contributed by atoms with Crippen LogP contribution in [0.15, 0.2) is 24.3 Å². The lowest BCUT2D eigenvalue weighted by atomic mass is 10.2. The number of carbonyl (C=O) groups is 1. The maximum atomic E-state index is 10.7. The van der Waals surface area contributed by atoms with Gasteiger partial charge in [0.25, 0.3) is 5.91 Å². The highest BCUT2D eigenvalue weighted by Crippen LogP contribution is 2.15. The maximum Gasteiger partial charge on any atom is 0.252 e. The number of amides is 1. The lowest BCUT2D eigenvalue weighted by Gasteiger charge is -2.02. The van der Waals surface area contributed by atoms with Gasteiger partial charge in [0.1, 0.15) is 5.75 Å². The van der Waals surface area contributed by atoms with Gasteiger partial charge in [-0.05, 0) is 12.1 Å². The Morgan fingerprint density at radius 3 is 2.07 bits per heavy atom. The molecule has 1 amide bonds. The number of hydrogen-bond acceptors (Lipinski definition) is 2. The average molecular weight is 261 g/mol. The van der Waals surface area contributed by atoms with E-state index in [0.29, 0.717) is 11.3 Å². The molecule has 1 aromatic rings. The number of benzene rings is 1. The van der Waals surface area contributed by atoms with Gasteiger partial charge in [-0.2, -0.15) is 0 Å². The third-order valence-electron chi connectivity index (χ3n) is 1.37. The van der Waals surface area contributed by atoms with E-state index in [0.717, 1.165) is 0 Å². The predicted octanol–water partition coefficient (Wildman–Crippen LogP) is 2.06. The number of para-hydroxylation sites is 1. The van der Waals surface area contributed by atoms with Crippen LogP contribution in [0.3, 0.4) is 0 Å². The van der Waals surface area contributed by atoms with Gasteiger partial charge in [0.15, 0.2) is 0 Å². The quantitative estimate of drug-likeness (QED) is 0.885. The van der Waals surface area contributed by atoms with Crippen molar-refractivity contribution in [1.29, 1.82) is 0 Å². The van der Waals surface area contributed by atoms with Crippen LogP contribution in [0.2, 0.25) is 0 Å². The first-order valence-electron chi connectivity index (χ1n) is 3.18. The van der Waals surface area contributed by atoms with Crippen LogP contribution in [-0.2, 0) is 0 Å². The zero-order valence-electron chi connectivity index (χ0n) is 7.43. The number of ether oxygens (including phenoxy) is 1. The number of carbonyl (C=O) groups excluding carboxylic acids is 1. The molecule has 0 aliphatic rings. The van der Waals surface area contributed by atoms with Gasteiger partial charge in [-0.15, -0.1) is 37.2 Å². The molecule has 0 spiro atoms. The fourth-order valence-corrected chi connectivity index (χ4v) is 0.848. The standard InChI is InChI=1S/C8H9NO2.3ClH/c1-11-7-5-3-2-4-6(7)8(9)10;;;/h2-5H,1H3,(H2,9,10);3*1H. The van der Waals surface area contributed by atoms with Crippen LogP contribution in [0.4, 0.5) is 0 Å². The molecular weight excluding hydrogens is 248 g/mol. The molecule has 0 saturated carbocycles. The summed E-state index contributed by atoms with van der Waals surface area (Å²) < 4.78 is 4.91. The molecule has 0 atom stereocenters. The van der Waals surface area contributed by atoms with Gasteiger partial charge in [0, 0.05) is 0 Å². The van der Waals surface area contributed by atoms with Crippen LogP contribution >= 0.6 is 37.2 Å². The Labute approximate surface area is 101 Å². The largest absolute Gasteiger partial charge is 0.496 e. The fourth-order valence-electron chi connectivity index (χ4n) is 0.848. The summed E-state index contributed by atoms with van der Waals surface area (Å²) in [5.74, 6) is 0.0439. The summed E-state index contributed by atoms with van der Waals surface area (Å²) >= 11 is 0. The summed E-state index contributed by atoms with van der Waals surface area (Å²) in [6.45, 7) is 0. The number of rotatable bonds is 2. The second kappa shape index (κ2) is 8.94. The first-order valence-corrected chi connectivity index (χ1v) is 3.18. The summed E-state index contributed by atoms with van der Waals surface area (Å²) in [4.78, 5) is 10.7. The smallest absolute Gasteiger partial charge is 0.252 e. The summed E-state index contributed by atoms with van der Waals surface area (Å²) in [5, 5.41) is 0. The maximum absolute atomic E-state index is 10.7. The van der Waals surface area contributed by atoms with E-state index in [-0.39, 0.29) is 37.2 Å². The molecule has 1 aromatic carbocycles. The molecule has 1 rings (SSSR count). The van der Waals surface area contributed by atoms with Crippen molar-refractivity contribution in [3.8, 4) is 5.75 Å². The SMILES string of the molecule is COc1ccccc1C(N)=O.Cl.Cl.Cl. The van der Waals surface area contributed by atoms with Crippen LogP contribution < -0.4 is 10.5 Å². The van der Waals surface area contributed by atoms with Gasteiger partial charge in [-0.3, -0.25) is 4.79 Å². The Balaban J connectivity index is -0.000000403. The molecule has 0 heterocycles. The minimum atomic E-state index is -0.470. The van der Waals surface area contributed by atoms with Crippen LogP contribution in [0.25, 0.3) is 0 Å². The fraction of sp³-hybridized carbons (Fsp3) is 0.125. The first-order chi connectivity index (χ1) is 5.25. The molecule has 0 fully saturated rings.